The molecule has 2 aliphatic carbocycles. The molecule has 0 spiro atoms. The SMILES string of the molecule is CC(C)CC1(C(=O)OC(C2CCC(C(O)(C(F)(F)F)C(F)(F)F)CC2)(C(F)(F)F)C(F)(F)F)CC1C. The minimum atomic E-state index is -6.29. The summed E-state index contributed by atoms with van der Waals surface area (Å²) in [5.41, 5.74) is -12.1. The molecular formula is C21H26F12O3. The van der Waals surface area contributed by atoms with E-state index >= 15 is 0 Å². The smallest absolute Gasteiger partial charge is 0.437 e. The Morgan fingerprint density at radius 1 is 0.806 bits per heavy atom. The molecule has 3 nitrogen and oxygen atoms in total. The Morgan fingerprint density at radius 3 is 1.44 bits per heavy atom. The third-order valence-corrected chi connectivity index (χ3v) is 7.49. The van der Waals surface area contributed by atoms with Crippen LogP contribution < -0.4 is 0 Å². The van der Waals surface area contributed by atoms with E-state index in [1.807, 2.05) is 0 Å². The van der Waals surface area contributed by atoms with Crippen molar-refractivity contribution in [2.24, 2.45) is 29.1 Å². The van der Waals surface area contributed by atoms with Crippen molar-refractivity contribution in [1.82, 2.24) is 0 Å². The molecule has 212 valence electrons. The number of carbonyl (C=O) groups excluding carboxylic acids is 1. The Hall–Kier alpha value is -1.41. The number of alkyl halides is 12. The van der Waals surface area contributed by atoms with Gasteiger partial charge in [0.05, 0.1) is 5.41 Å². The van der Waals surface area contributed by atoms with Gasteiger partial charge in [-0.3, -0.25) is 4.79 Å². The molecule has 2 rings (SSSR count). The zero-order chi connectivity index (χ0) is 28.3. The summed E-state index contributed by atoms with van der Waals surface area (Å²) >= 11 is 0. The minimum absolute atomic E-state index is 0.0350. The molecular weight excluding hydrogens is 528 g/mol. The fourth-order valence-corrected chi connectivity index (χ4v) is 5.48. The summed E-state index contributed by atoms with van der Waals surface area (Å²) in [4.78, 5) is 12.8. The van der Waals surface area contributed by atoms with Crippen LogP contribution in [0.5, 0.6) is 0 Å². The van der Waals surface area contributed by atoms with Crippen LogP contribution in [0.4, 0.5) is 52.7 Å². The first-order chi connectivity index (χ1) is 15.9. The molecule has 0 radical (unpaired) electrons. The third kappa shape index (κ3) is 4.89. The highest BCUT2D eigenvalue weighted by molar-refractivity contribution is 5.81. The summed E-state index contributed by atoms with van der Waals surface area (Å²) in [6.07, 6.45) is -31.1. The summed E-state index contributed by atoms with van der Waals surface area (Å²) in [5, 5.41) is 9.51. The molecule has 2 atom stereocenters. The van der Waals surface area contributed by atoms with Gasteiger partial charge in [-0.15, -0.1) is 0 Å². The largest absolute Gasteiger partial charge is 0.439 e. The van der Waals surface area contributed by atoms with Crippen molar-refractivity contribution in [3.8, 4) is 0 Å². The second-order valence-electron chi connectivity index (χ2n) is 10.3. The Balaban J connectivity index is 2.46. The first kappa shape index (κ1) is 30.8. The van der Waals surface area contributed by atoms with E-state index in [2.05, 4.69) is 4.74 Å². The molecule has 2 saturated carbocycles. The lowest BCUT2D eigenvalue weighted by Crippen LogP contribution is -2.66. The number of carbonyl (C=O) groups is 1. The first-order valence-corrected chi connectivity index (χ1v) is 11.1. The number of hydrogen-bond acceptors (Lipinski definition) is 3. The van der Waals surface area contributed by atoms with Crippen LogP contribution in [0.2, 0.25) is 0 Å². The first-order valence-electron chi connectivity index (χ1n) is 11.1. The molecule has 2 fully saturated rings. The van der Waals surface area contributed by atoms with Gasteiger partial charge in [-0.05, 0) is 50.4 Å². The number of rotatable bonds is 6. The molecule has 0 aromatic carbocycles. The van der Waals surface area contributed by atoms with Gasteiger partial charge in [0.25, 0.3) is 5.60 Å². The van der Waals surface area contributed by atoms with Crippen LogP contribution >= 0.6 is 0 Å². The van der Waals surface area contributed by atoms with E-state index in [9.17, 15) is 62.6 Å². The van der Waals surface area contributed by atoms with Gasteiger partial charge < -0.3 is 9.84 Å². The van der Waals surface area contributed by atoms with Crippen molar-refractivity contribution in [3.63, 3.8) is 0 Å². The Morgan fingerprint density at radius 2 is 1.17 bits per heavy atom. The fourth-order valence-electron chi connectivity index (χ4n) is 5.48. The maximum absolute atomic E-state index is 14.1. The second kappa shape index (κ2) is 9.11. The topological polar surface area (TPSA) is 46.5 Å². The van der Waals surface area contributed by atoms with Crippen LogP contribution in [0.15, 0.2) is 0 Å². The van der Waals surface area contributed by atoms with Crippen molar-refractivity contribution in [2.45, 2.75) is 95.2 Å². The summed E-state index contributed by atoms with van der Waals surface area (Å²) in [6.45, 7) is 4.61. The molecule has 0 amide bonds. The molecule has 0 saturated heterocycles. The van der Waals surface area contributed by atoms with Gasteiger partial charge in [0.15, 0.2) is 0 Å². The monoisotopic (exact) mass is 554 g/mol. The summed E-state index contributed by atoms with van der Waals surface area (Å²) in [5.74, 6) is -8.11. The lowest BCUT2D eigenvalue weighted by molar-refractivity contribution is -0.399. The van der Waals surface area contributed by atoms with Crippen LogP contribution in [0.1, 0.15) is 59.3 Å². The third-order valence-electron chi connectivity index (χ3n) is 7.49. The molecule has 0 aliphatic heterocycles. The van der Waals surface area contributed by atoms with Crippen molar-refractivity contribution in [1.29, 1.82) is 0 Å². The Labute approximate surface area is 198 Å². The van der Waals surface area contributed by atoms with Gasteiger partial charge in [0.1, 0.15) is 0 Å². The van der Waals surface area contributed by atoms with Gasteiger partial charge in [0.2, 0.25) is 0 Å². The zero-order valence-corrected chi connectivity index (χ0v) is 19.4. The summed E-state index contributed by atoms with van der Waals surface area (Å²) in [7, 11) is 0. The van der Waals surface area contributed by atoms with Crippen LogP contribution in [0, 0.1) is 29.1 Å². The van der Waals surface area contributed by atoms with Crippen LogP contribution in [0.25, 0.3) is 0 Å². The van der Waals surface area contributed by atoms with Crippen molar-refractivity contribution < 1.29 is 67.3 Å². The highest BCUT2D eigenvalue weighted by atomic mass is 19.4. The predicted octanol–water partition coefficient (Wildman–Crippen LogP) is 7.13. The van der Waals surface area contributed by atoms with Gasteiger partial charge in [-0.1, -0.05) is 20.8 Å². The van der Waals surface area contributed by atoms with Gasteiger partial charge in [-0.2, -0.15) is 52.7 Å². The van der Waals surface area contributed by atoms with Crippen LogP contribution in [-0.2, 0) is 9.53 Å². The minimum Gasteiger partial charge on any atom is -0.439 e. The predicted molar refractivity (Wildman–Crippen MR) is 99.1 cm³/mol. The van der Waals surface area contributed by atoms with Crippen LogP contribution in [-0.4, -0.2) is 47.0 Å². The molecule has 0 aromatic rings. The van der Waals surface area contributed by atoms with E-state index in [1.54, 1.807) is 13.8 Å². The van der Waals surface area contributed by atoms with E-state index < -0.39 is 90.7 Å². The molecule has 15 heteroatoms. The summed E-state index contributed by atoms with van der Waals surface area (Å²) < 4.78 is 168. The van der Waals surface area contributed by atoms with E-state index in [0.717, 1.165) is 0 Å². The van der Waals surface area contributed by atoms with E-state index in [4.69, 9.17) is 0 Å². The second-order valence-corrected chi connectivity index (χ2v) is 10.3. The lowest BCUT2D eigenvalue weighted by atomic mass is 9.67. The number of aliphatic hydroxyl groups is 1. The molecule has 0 aromatic heterocycles. The quantitative estimate of drug-likeness (QED) is 0.281. The van der Waals surface area contributed by atoms with E-state index in [1.165, 1.54) is 6.92 Å². The fraction of sp³-hybridized carbons (Fsp3) is 0.952. The Kier molecular flexibility index (Phi) is 7.79. The zero-order valence-electron chi connectivity index (χ0n) is 19.4. The van der Waals surface area contributed by atoms with E-state index in [0.29, 0.717) is 0 Å². The van der Waals surface area contributed by atoms with Crippen LogP contribution in [0.3, 0.4) is 0 Å². The lowest BCUT2D eigenvalue weighted by Gasteiger charge is -2.47. The van der Waals surface area contributed by atoms with Gasteiger partial charge in [-0.25, -0.2) is 0 Å². The summed E-state index contributed by atoms with van der Waals surface area (Å²) in [6, 6.07) is 0. The number of esters is 1. The molecule has 2 aliphatic rings. The molecule has 0 bridgehead atoms. The highest BCUT2D eigenvalue weighted by Gasteiger charge is 2.80. The van der Waals surface area contributed by atoms with Crippen molar-refractivity contribution in [2.75, 3.05) is 0 Å². The number of ether oxygens (including phenoxy) is 1. The molecule has 2 unspecified atom stereocenters. The molecule has 0 heterocycles. The van der Waals surface area contributed by atoms with Crippen molar-refractivity contribution >= 4 is 5.97 Å². The van der Waals surface area contributed by atoms with Gasteiger partial charge in [0, 0.05) is 11.8 Å². The number of halogens is 12. The number of hydrogen-bond donors (Lipinski definition) is 1. The highest BCUT2D eigenvalue weighted by Crippen LogP contribution is 2.62. The van der Waals surface area contributed by atoms with Crippen molar-refractivity contribution in [3.05, 3.63) is 0 Å². The molecule has 1 N–H and O–H groups in total. The molecule has 36 heavy (non-hydrogen) atoms. The standard InChI is InChI=1S/C21H26F12O3/c1-10(2)8-15(9-11(15)3)14(34)36-17(20(28,29)30,21(31,32)33)13-6-4-12(5-7-13)16(35,18(22,23)24)19(25,26)27/h10-13,35H,4-9H2,1-3H3. The van der Waals surface area contributed by atoms with E-state index in [-0.39, 0.29) is 18.8 Å². The maximum Gasteiger partial charge on any atom is 0.437 e. The van der Waals surface area contributed by atoms with Gasteiger partial charge >= 0.3 is 36.3 Å². The maximum atomic E-state index is 14.1. The normalized spacial score (nSPS) is 28.9. The average Bonchev–Trinajstić information content (AvgIpc) is 3.31. The Bertz CT molecular complexity index is 775. The average molecular weight is 554 g/mol.